The summed E-state index contributed by atoms with van der Waals surface area (Å²) >= 11 is 0. The normalized spacial score (nSPS) is 21.7. The lowest BCUT2D eigenvalue weighted by Gasteiger charge is -2.18. The number of rotatable bonds is 3. The number of anilines is 2. The van der Waals surface area contributed by atoms with Gasteiger partial charge in [0.1, 0.15) is 0 Å². The predicted molar refractivity (Wildman–Crippen MR) is 75.1 cm³/mol. The molecular formula is C15H20N2O2. The SMILES string of the molecule is Nc1ccc2c(c1)N(C(=O)CCC1CCCO1)CC2. The summed E-state index contributed by atoms with van der Waals surface area (Å²) in [6.45, 7) is 1.63. The van der Waals surface area contributed by atoms with Crippen LogP contribution in [0.2, 0.25) is 0 Å². The highest BCUT2D eigenvalue weighted by Gasteiger charge is 2.25. The van der Waals surface area contributed by atoms with E-state index in [4.69, 9.17) is 10.5 Å². The van der Waals surface area contributed by atoms with Crippen LogP contribution in [0.3, 0.4) is 0 Å². The monoisotopic (exact) mass is 260 g/mol. The summed E-state index contributed by atoms with van der Waals surface area (Å²) < 4.78 is 5.56. The maximum atomic E-state index is 12.3. The van der Waals surface area contributed by atoms with E-state index in [0.29, 0.717) is 6.42 Å². The number of carbonyl (C=O) groups is 1. The zero-order valence-electron chi connectivity index (χ0n) is 11.1. The van der Waals surface area contributed by atoms with Crippen LogP contribution < -0.4 is 10.6 Å². The molecule has 0 bridgehead atoms. The fourth-order valence-corrected chi connectivity index (χ4v) is 2.95. The van der Waals surface area contributed by atoms with Gasteiger partial charge in [0.05, 0.1) is 6.10 Å². The molecule has 1 fully saturated rings. The lowest BCUT2D eigenvalue weighted by atomic mass is 10.1. The number of nitrogens with zero attached hydrogens (tertiary/aromatic N) is 1. The second-order valence-electron chi connectivity index (χ2n) is 5.36. The molecule has 1 unspecified atom stereocenters. The number of fused-ring (bicyclic) bond motifs is 1. The van der Waals surface area contributed by atoms with Crippen molar-refractivity contribution in [3.05, 3.63) is 23.8 Å². The van der Waals surface area contributed by atoms with E-state index in [1.165, 1.54) is 5.56 Å². The quantitative estimate of drug-likeness (QED) is 0.847. The van der Waals surface area contributed by atoms with E-state index in [1.54, 1.807) is 0 Å². The van der Waals surface area contributed by atoms with Crippen LogP contribution in [-0.2, 0) is 16.0 Å². The van der Waals surface area contributed by atoms with Gasteiger partial charge in [-0.3, -0.25) is 4.79 Å². The van der Waals surface area contributed by atoms with E-state index in [1.807, 2.05) is 23.1 Å². The van der Waals surface area contributed by atoms with E-state index in [9.17, 15) is 4.79 Å². The van der Waals surface area contributed by atoms with Crippen LogP contribution in [0.15, 0.2) is 18.2 Å². The smallest absolute Gasteiger partial charge is 0.227 e. The van der Waals surface area contributed by atoms with Crippen LogP contribution in [-0.4, -0.2) is 25.2 Å². The number of ether oxygens (including phenoxy) is 1. The van der Waals surface area contributed by atoms with E-state index in [-0.39, 0.29) is 12.0 Å². The summed E-state index contributed by atoms with van der Waals surface area (Å²) in [5, 5.41) is 0. The van der Waals surface area contributed by atoms with Crippen molar-refractivity contribution >= 4 is 17.3 Å². The van der Waals surface area contributed by atoms with Crippen molar-refractivity contribution < 1.29 is 9.53 Å². The van der Waals surface area contributed by atoms with Gasteiger partial charge < -0.3 is 15.4 Å². The van der Waals surface area contributed by atoms with Gasteiger partial charge in [-0.1, -0.05) is 6.07 Å². The molecule has 102 valence electrons. The molecular weight excluding hydrogens is 240 g/mol. The number of amides is 1. The minimum atomic E-state index is 0.194. The molecule has 1 aromatic carbocycles. The standard InChI is InChI=1S/C15H20N2O2/c16-12-4-3-11-7-8-17(14(11)10-12)15(18)6-5-13-2-1-9-19-13/h3-4,10,13H,1-2,5-9,16H2. The third-order valence-electron chi connectivity index (χ3n) is 4.01. The van der Waals surface area contributed by atoms with Crippen LogP contribution >= 0.6 is 0 Å². The first-order valence-electron chi connectivity index (χ1n) is 7.04. The Labute approximate surface area is 113 Å². The summed E-state index contributed by atoms with van der Waals surface area (Å²) in [6, 6.07) is 5.84. The number of nitrogens with two attached hydrogens (primary N) is 1. The highest BCUT2D eigenvalue weighted by Crippen LogP contribution is 2.31. The molecule has 3 rings (SSSR count). The molecule has 19 heavy (non-hydrogen) atoms. The molecule has 1 aromatic rings. The summed E-state index contributed by atoms with van der Waals surface area (Å²) in [7, 11) is 0. The van der Waals surface area contributed by atoms with Crippen molar-refractivity contribution in [1.29, 1.82) is 0 Å². The van der Waals surface area contributed by atoms with Gasteiger partial charge >= 0.3 is 0 Å². The van der Waals surface area contributed by atoms with Crippen molar-refractivity contribution in [3.8, 4) is 0 Å². The number of carbonyl (C=O) groups excluding carboxylic acids is 1. The third kappa shape index (κ3) is 2.59. The molecule has 0 spiro atoms. The molecule has 2 heterocycles. The minimum Gasteiger partial charge on any atom is -0.399 e. The summed E-state index contributed by atoms with van der Waals surface area (Å²) in [4.78, 5) is 14.2. The Hall–Kier alpha value is -1.55. The molecule has 1 atom stereocenters. The van der Waals surface area contributed by atoms with Gasteiger partial charge in [0.25, 0.3) is 0 Å². The van der Waals surface area contributed by atoms with Gasteiger partial charge in [0, 0.05) is 30.9 Å². The van der Waals surface area contributed by atoms with Crippen molar-refractivity contribution in [2.75, 3.05) is 23.8 Å². The molecule has 0 saturated carbocycles. The van der Waals surface area contributed by atoms with Gasteiger partial charge in [-0.15, -0.1) is 0 Å². The molecule has 4 nitrogen and oxygen atoms in total. The Morgan fingerprint density at radius 3 is 3.16 bits per heavy atom. The molecule has 2 N–H and O–H groups in total. The fourth-order valence-electron chi connectivity index (χ4n) is 2.95. The summed E-state index contributed by atoms with van der Waals surface area (Å²) in [5.74, 6) is 0.194. The fraction of sp³-hybridized carbons (Fsp3) is 0.533. The maximum Gasteiger partial charge on any atom is 0.227 e. The molecule has 0 radical (unpaired) electrons. The van der Waals surface area contributed by atoms with Crippen LogP contribution in [0, 0.1) is 0 Å². The van der Waals surface area contributed by atoms with Gasteiger partial charge in [0.2, 0.25) is 5.91 Å². The van der Waals surface area contributed by atoms with Gasteiger partial charge in [0.15, 0.2) is 0 Å². The topological polar surface area (TPSA) is 55.6 Å². The van der Waals surface area contributed by atoms with E-state index < -0.39 is 0 Å². The largest absolute Gasteiger partial charge is 0.399 e. The zero-order chi connectivity index (χ0) is 13.2. The van der Waals surface area contributed by atoms with Crippen LogP contribution in [0.5, 0.6) is 0 Å². The number of hydrogen-bond donors (Lipinski definition) is 1. The molecule has 2 aliphatic heterocycles. The number of benzene rings is 1. The first-order valence-corrected chi connectivity index (χ1v) is 7.04. The highest BCUT2D eigenvalue weighted by atomic mass is 16.5. The Morgan fingerprint density at radius 2 is 2.37 bits per heavy atom. The summed E-state index contributed by atoms with van der Waals surface area (Å²) in [5.41, 5.74) is 8.75. The average Bonchev–Trinajstić information content (AvgIpc) is 3.04. The van der Waals surface area contributed by atoms with Crippen LogP contribution in [0.4, 0.5) is 11.4 Å². The first kappa shape index (κ1) is 12.5. The molecule has 1 amide bonds. The zero-order valence-corrected chi connectivity index (χ0v) is 11.1. The second-order valence-corrected chi connectivity index (χ2v) is 5.36. The van der Waals surface area contributed by atoms with Crippen LogP contribution in [0.25, 0.3) is 0 Å². The maximum absolute atomic E-state index is 12.3. The van der Waals surface area contributed by atoms with Crippen LogP contribution in [0.1, 0.15) is 31.2 Å². The predicted octanol–water partition coefficient (Wildman–Crippen LogP) is 2.12. The average molecular weight is 260 g/mol. The summed E-state index contributed by atoms with van der Waals surface area (Å²) in [6.07, 6.45) is 4.85. The van der Waals surface area contributed by atoms with E-state index in [2.05, 4.69) is 0 Å². The van der Waals surface area contributed by atoms with E-state index >= 15 is 0 Å². The molecule has 0 aromatic heterocycles. The van der Waals surface area contributed by atoms with Crippen molar-refractivity contribution in [2.45, 2.75) is 38.2 Å². The first-order chi connectivity index (χ1) is 9.24. The molecule has 2 aliphatic rings. The molecule has 0 aliphatic carbocycles. The lowest BCUT2D eigenvalue weighted by molar-refractivity contribution is -0.119. The molecule has 4 heteroatoms. The second kappa shape index (κ2) is 5.21. The van der Waals surface area contributed by atoms with Crippen molar-refractivity contribution in [1.82, 2.24) is 0 Å². The lowest BCUT2D eigenvalue weighted by Crippen LogP contribution is -2.29. The Balaban J connectivity index is 1.64. The van der Waals surface area contributed by atoms with Gasteiger partial charge in [-0.25, -0.2) is 0 Å². The van der Waals surface area contributed by atoms with Crippen molar-refractivity contribution in [2.24, 2.45) is 0 Å². The number of nitrogen functional groups attached to an aromatic ring is 1. The third-order valence-corrected chi connectivity index (χ3v) is 4.01. The van der Waals surface area contributed by atoms with Crippen molar-refractivity contribution in [3.63, 3.8) is 0 Å². The van der Waals surface area contributed by atoms with Gasteiger partial charge in [-0.2, -0.15) is 0 Å². The minimum absolute atomic E-state index is 0.194. The Bertz CT molecular complexity index is 481. The molecule has 1 saturated heterocycles. The van der Waals surface area contributed by atoms with E-state index in [0.717, 1.165) is 50.2 Å². The highest BCUT2D eigenvalue weighted by molar-refractivity contribution is 5.96. The Morgan fingerprint density at radius 1 is 1.47 bits per heavy atom. The Kier molecular flexibility index (Phi) is 3.42. The van der Waals surface area contributed by atoms with Gasteiger partial charge in [-0.05, 0) is 43.4 Å². The number of hydrogen-bond acceptors (Lipinski definition) is 3.